The number of rotatable bonds is 3. The normalized spacial score (nSPS) is 10.5. The Labute approximate surface area is 137 Å². The maximum atomic E-state index is 12.4. The molecule has 0 spiro atoms. The standard InChI is InChI=1S/C16H14ClN5O/c1-10-5-2-3-8-13(10)19-16(23)14-15(18)22(21-20-14)12-7-4-6-11(17)9-12/h2-9H,18H2,1H3,(H,19,23). The molecule has 0 bridgehead atoms. The van der Waals surface area contributed by atoms with Crippen molar-refractivity contribution in [2.75, 3.05) is 11.1 Å². The Bertz CT molecular complexity index is 874. The topological polar surface area (TPSA) is 85.8 Å². The molecule has 7 heteroatoms. The number of carbonyl (C=O) groups is 1. The maximum Gasteiger partial charge on any atom is 0.280 e. The van der Waals surface area contributed by atoms with Gasteiger partial charge in [0.25, 0.3) is 5.91 Å². The van der Waals surface area contributed by atoms with E-state index in [-0.39, 0.29) is 11.5 Å². The van der Waals surface area contributed by atoms with Gasteiger partial charge in [0.2, 0.25) is 0 Å². The van der Waals surface area contributed by atoms with E-state index in [0.29, 0.717) is 16.4 Å². The second kappa shape index (κ2) is 6.10. The van der Waals surface area contributed by atoms with E-state index in [1.165, 1.54) is 4.68 Å². The Morgan fingerprint density at radius 3 is 2.74 bits per heavy atom. The number of carbonyl (C=O) groups excluding carboxylic acids is 1. The number of halogens is 1. The molecule has 23 heavy (non-hydrogen) atoms. The molecule has 116 valence electrons. The Kier molecular flexibility index (Phi) is 3.99. The Morgan fingerprint density at radius 1 is 1.22 bits per heavy atom. The number of anilines is 2. The minimum Gasteiger partial charge on any atom is -0.382 e. The van der Waals surface area contributed by atoms with E-state index in [1.54, 1.807) is 24.3 Å². The molecule has 3 rings (SSSR count). The first-order valence-corrected chi connectivity index (χ1v) is 7.28. The fourth-order valence-electron chi connectivity index (χ4n) is 2.14. The van der Waals surface area contributed by atoms with E-state index >= 15 is 0 Å². The van der Waals surface area contributed by atoms with Crippen LogP contribution >= 0.6 is 11.6 Å². The molecule has 0 aliphatic carbocycles. The molecular weight excluding hydrogens is 314 g/mol. The number of amides is 1. The van der Waals surface area contributed by atoms with Gasteiger partial charge in [-0.15, -0.1) is 5.10 Å². The van der Waals surface area contributed by atoms with Gasteiger partial charge >= 0.3 is 0 Å². The van der Waals surface area contributed by atoms with Crippen LogP contribution < -0.4 is 11.1 Å². The largest absolute Gasteiger partial charge is 0.382 e. The van der Waals surface area contributed by atoms with Crippen molar-refractivity contribution in [3.8, 4) is 5.69 Å². The van der Waals surface area contributed by atoms with Crippen LogP contribution in [0, 0.1) is 6.92 Å². The summed E-state index contributed by atoms with van der Waals surface area (Å²) in [5.41, 5.74) is 8.36. The van der Waals surface area contributed by atoms with E-state index in [2.05, 4.69) is 15.6 Å². The molecule has 0 atom stereocenters. The molecule has 2 aromatic carbocycles. The SMILES string of the molecule is Cc1ccccc1NC(=O)c1nnn(-c2cccc(Cl)c2)c1N. The van der Waals surface area contributed by atoms with Crippen LogP contribution in [0.3, 0.4) is 0 Å². The highest BCUT2D eigenvalue weighted by atomic mass is 35.5. The first-order valence-electron chi connectivity index (χ1n) is 6.90. The van der Waals surface area contributed by atoms with Gasteiger partial charge < -0.3 is 11.1 Å². The van der Waals surface area contributed by atoms with Crippen LogP contribution in [-0.2, 0) is 0 Å². The second-order valence-electron chi connectivity index (χ2n) is 4.98. The van der Waals surface area contributed by atoms with Crippen LogP contribution in [0.25, 0.3) is 5.69 Å². The van der Waals surface area contributed by atoms with E-state index in [9.17, 15) is 4.79 Å². The van der Waals surface area contributed by atoms with Crippen molar-refractivity contribution in [2.24, 2.45) is 0 Å². The zero-order valence-corrected chi connectivity index (χ0v) is 13.1. The van der Waals surface area contributed by atoms with Gasteiger partial charge in [0.1, 0.15) is 0 Å². The van der Waals surface area contributed by atoms with Crippen molar-refractivity contribution in [2.45, 2.75) is 6.92 Å². The number of nitrogen functional groups attached to an aromatic ring is 1. The average Bonchev–Trinajstić information content (AvgIpc) is 2.91. The van der Waals surface area contributed by atoms with Gasteiger partial charge in [-0.2, -0.15) is 4.68 Å². The van der Waals surface area contributed by atoms with E-state index in [0.717, 1.165) is 5.56 Å². The Hall–Kier alpha value is -2.86. The Morgan fingerprint density at radius 2 is 2.00 bits per heavy atom. The third-order valence-corrected chi connectivity index (χ3v) is 3.60. The van der Waals surface area contributed by atoms with Crippen LogP contribution in [0.15, 0.2) is 48.5 Å². The van der Waals surface area contributed by atoms with Crippen molar-refractivity contribution in [1.82, 2.24) is 15.0 Å². The van der Waals surface area contributed by atoms with Crippen molar-refractivity contribution in [3.05, 3.63) is 64.8 Å². The summed E-state index contributed by atoms with van der Waals surface area (Å²) in [5.74, 6) is -0.261. The van der Waals surface area contributed by atoms with Crippen molar-refractivity contribution >= 4 is 29.0 Å². The summed E-state index contributed by atoms with van der Waals surface area (Å²) in [7, 11) is 0. The van der Waals surface area contributed by atoms with E-state index in [4.69, 9.17) is 17.3 Å². The van der Waals surface area contributed by atoms with Crippen molar-refractivity contribution < 1.29 is 4.79 Å². The molecule has 0 fully saturated rings. The molecular formula is C16H14ClN5O. The predicted molar refractivity (Wildman–Crippen MR) is 89.9 cm³/mol. The minimum atomic E-state index is -0.412. The summed E-state index contributed by atoms with van der Waals surface area (Å²) in [6, 6.07) is 14.4. The number of benzene rings is 2. The van der Waals surface area contributed by atoms with Gasteiger partial charge in [0.05, 0.1) is 5.69 Å². The average molecular weight is 328 g/mol. The van der Waals surface area contributed by atoms with Gasteiger partial charge in [0.15, 0.2) is 11.5 Å². The summed E-state index contributed by atoms with van der Waals surface area (Å²) in [6.45, 7) is 1.90. The minimum absolute atomic E-state index is 0.0632. The molecule has 0 saturated heterocycles. The number of aromatic nitrogens is 3. The summed E-state index contributed by atoms with van der Waals surface area (Å²) >= 11 is 5.96. The number of para-hydroxylation sites is 1. The monoisotopic (exact) mass is 327 g/mol. The number of aryl methyl sites for hydroxylation is 1. The van der Waals surface area contributed by atoms with Gasteiger partial charge in [-0.3, -0.25) is 4.79 Å². The zero-order chi connectivity index (χ0) is 16.4. The molecule has 1 aromatic heterocycles. The lowest BCUT2D eigenvalue weighted by molar-refractivity contribution is 0.102. The first kappa shape index (κ1) is 15.1. The lowest BCUT2D eigenvalue weighted by atomic mass is 10.2. The lowest BCUT2D eigenvalue weighted by Crippen LogP contribution is -2.15. The molecule has 1 amide bonds. The van der Waals surface area contributed by atoms with Crippen LogP contribution in [0.4, 0.5) is 11.5 Å². The van der Waals surface area contributed by atoms with Crippen LogP contribution in [0.5, 0.6) is 0 Å². The van der Waals surface area contributed by atoms with Crippen LogP contribution in [0.2, 0.25) is 5.02 Å². The van der Waals surface area contributed by atoms with Gasteiger partial charge in [0, 0.05) is 10.7 Å². The molecule has 3 aromatic rings. The number of hydrogen-bond donors (Lipinski definition) is 2. The smallest absolute Gasteiger partial charge is 0.280 e. The molecule has 0 aliphatic heterocycles. The highest BCUT2D eigenvalue weighted by molar-refractivity contribution is 6.30. The first-order chi connectivity index (χ1) is 11.1. The Balaban J connectivity index is 1.90. The van der Waals surface area contributed by atoms with Crippen LogP contribution in [0.1, 0.15) is 16.1 Å². The van der Waals surface area contributed by atoms with Crippen molar-refractivity contribution in [3.63, 3.8) is 0 Å². The maximum absolute atomic E-state index is 12.4. The number of nitrogens with two attached hydrogens (primary N) is 1. The molecule has 0 saturated carbocycles. The highest BCUT2D eigenvalue weighted by Crippen LogP contribution is 2.20. The van der Waals surface area contributed by atoms with Gasteiger partial charge in [-0.25, -0.2) is 0 Å². The zero-order valence-electron chi connectivity index (χ0n) is 12.3. The van der Waals surface area contributed by atoms with E-state index in [1.807, 2.05) is 31.2 Å². The highest BCUT2D eigenvalue weighted by Gasteiger charge is 2.19. The molecule has 3 N–H and O–H groups in total. The summed E-state index contributed by atoms with van der Waals surface area (Å²) in [5, 5.41) is 11.1. The third kappa shape index (κ3) is 3.02. The summed E-state index contributed by atoms with van der Waals surface area (Å²) in [6.07, 6.45) is 0. The summed E-state index contributed by atoms with van der Waals surface area (Å²) in [4.78, 5) is 12.4. The third-order valence-electron chi connectivity index (χ3n) is 3.37. The molecule has 0 unspecified atom stereocenters. The molecule has 0 radical (unpaired) electrons. The number of nitrogens with zero attached hydrogens (tertiary/aromatic N) is 3. The molecule has 0 aliphatic rings. The lowest BCUT2D eigenvalue weighted by Gasteiger charge is -2.07. The van der Waals surface area contributed by atoms with E-state index < -0.39 is 5.91 Å². The molecule has 1 heterocycles. The summed E-state index contributed by atoms with van der Waals surface area (Å²) < 4.78 is 1.37. The number of hydrogen-bond acceptors (Lipinski definition) is 4. The van der Waals surface area contributed by atoms with Crippen LogP contribution in [-0.4, -0.2) is 20.9 Å². The van der Waals surface area contributed by atoms with Crippen molar-refractivity contribution in [1.29, 1.82) is 0 Å². The fraction of sp³-hybridized carbons (Fsp3) is 0.0625. The van der Waals surface area contributed by atoms with Gasteiger partial charge in [-0.1, -0.05) is 41.1 Å². The quantitative estimate of drug-likeness (QED) is 0.774. The number of nitrogens with one attached hydrogen (secondary N) is 1. The predicted octanol–water partition coefficient (Wildman–Crippen LogP) is 3.06. The van der Waals surface area contributed by atoms with Gasteiger partial charge in [-0.05, 0) is 36.8 Å². The fourth-order valence-corrected chi connectivity index (χ4v) is 2.33. The molecule has 6 nitrogen and oxygen atoms in total. The second-order valence-corrected chi connectivity index (χ2v) is 5.42.